The SMILES string of the molecule is CCC(C)(C)n1nnnc1CN1CCC(NC(=O)c2ccc(F)cc2)CC1. The number of aromatic nitrogens is 4. The van der Waals surface area contributed by atoms with E-state index in [9.17, 15) is 9.18 Å². The summed E-state index contributed by atoms with van der Waals surface area (Å²) in [5.41, 5.74) is 0.375. The van der Waals surface area contributed by atoms with Gasteiger partial charge in [-0.25, -0.2) is 9.07 Å². The summed E-state index contributed by atoms with van der Waals surface area (Å²) < 4.78 is 14.9. The van der Waals surface area contributed by atoms with Crippen molar-refractivity contribution in [3.05, 3.63) is 41.5 Å². The highest BCUT2D eigenvalue weighted by atomic mass is 19.1. The van der Waals surface area contributed by atoms with Gasteiger partial charge in [0, 0.05) is 24.7 Å². The number of rotatable bonds is 6. The molecule has 1 N–H and O–H groups in total. The van der Waals surface area contributed by atoms with Gasteiger partial charge in [0.15, 0.2) is 5.82 Å². The quantitative estimate of drug-likeness (QED) is 0.840. The molecule has 0 radical (unpaired) electrons. The van der Waals surface area contributed by atoms with Crippen LogP contribution in [-0.4, -0.2) is 50.1 Å². The molecule has 2 heterocycles. The number of halogens is 1. The highest BCUT2D eigenvalue weighted by Gasteiger charge is 2.26. The lowest BCUT2D eigenvalue weighted by atomic mass is 10.0. The first-order chi connectivity index (χ1) is 12.9. The van der Waals surface area contributed by atoms with Crippen LogP contribution in [0.5, 0.6) is 0 Å². The maximum Gasteiger partial charge on any atom is 0.251 e. The largest absolute Gasteiger partial charge is 0.349 e. The van der Waals surface area contributed by atoms with Crippen molar-refractivity contribution in [1.29, 1.82) is 0 Å². The third kappa shape index (κ3) is 4.68. The molecule has 3 rings (SSSR count). The minimum absolute atomic E-state index is 0.111. The van der Waals surface area contributed by atoms with Crippen molar-refractivity contribution in [3.8, 4) is 0 Å². The molecule has 0 bridgehead atoms. The molecular formula is C19H27FN6O. The summed E-state index contributed by atoms with van der Waals surface area (Å²) in [6.45, 7) is 8.82. The monoisotopic (exact) mass is 374 g/mol. The van der Waals surface area contributed by atoms with Gasteiger partial charge in [0.2, 0.25) is 0 Å². The molecule has 1 aliphatic heterocycles. The zero-order chi connectivity index (χ0) is 19.4. The van der Waals surface area contributed by atoms with Gasteiger partial charge in [-0.1, -0.05) is 6.92 Å². The van der Waals surface area contributed by atoms with E-state index in [2.05, 4.69) is 46.5 Å². The maximum atomic E-state index is 13.0. The second-order valence-corrected chi connectivity index (χ2v) is 7.70. The average Bonchev–Trinajstić information content (AvgIpc) is 3.13. The summed E-state index contributed by atoms with van der Waals surface area (Å²) in [6, 6.07) is 5.75. The molecule has 0 atom stereocenters. The minimum Gasteiger partial charge on any atom is -0.349 e. The van der Waals surface area contributed by atoms with E-state index in [0.29, 0.717) is 12.1 Å². The normalized spacial score (nSPS) is 16.4. The molecule has 1 aromatic heterocycles. The molecule has 1 fully saturated rings. The van der Waals surface area contributed by atoms with Crippen molar-refractivity contribution in [1.82, 2.24) is 30.4 Å². The molecule has 1 aromatic carbocycles. The summed E-state index contributed by atoms with van der Waals surface area (Å²) >= 11 is 0. The van der Waals surface area contributed by atoms with Crippen molar-refractivity contribution in [2.45, 2.75) is 58.2 Å². The number of hydrogen-bond acceptors (Lipinski definition) is 5. The molecule has 27 heavy (non-hydrogen) atoms. The summed E-state index contributed by atoms with van der Waals surface area (Å²) in [6.07, 6.45) is 2.68. The Kier molecular flexibility index (Phi) is 5.84. The van der Waals surface area contributed by atoms with E-state index in [0.717, 1.165) is 38.2 Å². The maximum absolute atomic E-state index is 13.0. The Morgan fingerprint density at radius 1 is 1.26 bits per heavy atom. The number of benzene rings is 1. The van der Waals surface area contributed by atoms with Crippen molar-refractivity contribution in [3.63, 3.8) is 0 Å². The fraction of sp³-hybridized carbons (Fsp3) is 0.579. The lowest BCUT2D eigenvalue weighted by Crippen LogP contribution is -2.44. The molecule has 1 amide bonds. The van der Waals surface area contributed by atoms with Crippen LogP contribution in [0.2, 0.25) is 0 Å². The number of hydrogen-bond donors (Lipinski definition) is 1. The van der Waals surface area contributed by atoms with Crippen molar-refractivity contribution < 1.29 is 9.18 Å². The predicted octanol–water partition coefficient (Wildman–Crippen LogP) is 2.35. The van der Waals surface area contributed by atoms with E-state index in [1.54, 1.807) is 0 Å². The van der Waals surface area contributed by atoms with E-state index >= 15 is 0 Å². The average molecular weight is 374 g/mol. The van der Waals surface area contributed by atoms with Gasteiger partial charge in [-0.3, -0.25) is 9.69 Å². The Morgan fingerprint density at radius 3 is 2.56 bits per heavy atom. The van der Waals surface area contributed by atoms with Crippen LogP contribution >= 0.6 is 0 Å². The number of nitrogens with zero attached hydrogens (tertiary/aromatic N) is 5. The Labute approximate surface area is 158 Å². The van der Waals surface area contributed by atoms with Crippen LogP contribution < -0.4 is 5.32 Å². The number of piperidine rings is 1. The minimum atomic E-state index is -0.339. The molecule has 1 saturated heterocycles. The van der Waals surface area contributed by atoms with E-state index in [4.69, 9.17) is 0 Å². The van der Waals surface area contributed by atoms with Crippen molar-refractivity contribution in [2.75, 3.05) is 13.1 Å². The van der Waals surface area contributed by atoms with Gasteiger partial charge >= 0.3 is 0 Å². The highest BCUT2D eigenvalue weighted by Crippen LogP contribution is 2.21. The standard InChI is InChI=1S/C19H27FN6O/c1-4-19(2,3)26-17(22-23-24-26)13-25-11-9-16(10-12-25)21-18(27)14-5-7-15(20)8-6-14/h5-8,16H,4,9-13H2,1-3H3,(H,21,27). The van der Waals surface area contributed by atoms with Gasteiger partial charge in [-0.15, -0.1) is 5.10 Å². The highest BCUT2D eigenvalue weighted by molar-refractivity contribution is 5.94. The van der Waals surface area contributed by atoms with Gasteiger partial charge in [0.05, 0.1) is 12.1 Å². The van der Waals surface area contributed by atoms with Crippen LogP contribution in [0.15, 0.2) is 24.3 Å². The van der Waals surface area contributed by atoms with E-state index in [-0.39, 0.29) is 23.3 Å². The number of amides is 1. The Bertz CT molecular complexity index is 765. The third-order valence-electron chi connectivity index (χ3n) is 5.37. The Hall–Kier alpha value is -2.35. The van der Waals surface area contributed by atoms with Crippen LogP contribution in [0, 0.1) is 5.82 Å². The second kappa shape index (κ2) is 8.12. The number of carbonyl (C=O) groups excluding carboxylic acids is 1. The molecule has 7 nitrogen and oxygen atoms in total. The fourth-order valence-corrected chi connectivity index (χ4v) is 3.23. The van der Waals surface area contributed by atoms with E-state index in [1.165, 1.54) is 24.3 Å². The summed E-state index contributed by atoms with van der Waals surface area (Å²) in [4.78, 5) is 14.6. The molecule has 146 valence electrons. The van der Waals surface area contributed by atoms with E-state index in [1.807, 2.05) is 4.68 Å². The molecule has 1 aliphatic rings. The zero-order valence-electron chi connectivity index (χ0n) is 16.2. The van der Waals surface area contributed by atoms with Crippen LogP contribution in [0.4, 0.5) is 4.39 Å². The lowest BCUT2D eigenvalue weighted by molar-refractivity contribution is 0.0906. The van der Waals surface area contributed by atoms with Gasteiger partial charge in [0.1, 0.15) is 5.82 Å². The van der Waals surface area contributed by atoms with Crippen LogP contribution in [0.1, 0.15) is 56.2 Å². The van der Waals surface area contributed by atoms with Gasteiger partial charge < -0.3 is 5.32 Å². The second-order valence-electron chi connectivity index (χ2n) is 7.70. The Morgan fingerprint density at radius 2 is 1.93 bits per heavy atom. The van der Waals surface area contributed by atoms with Crippen LogP contribution in [-0.2, 0) is 12.1 Å². The van der Waals surface area contributed by atoms with Crippen molar-refractivity contribution >= 4 is 5.91 Å². The van der Waals surface area contributed by atoms with Gasteiger partial charge in [-0.05, 0) is 67.8 Å². The van der Waals surface area contributed by atoms with E-state index < -0.39 is 0 Å². The van der Waals surface area contributed by atoms with Gasteiger partial charge in [-0.2, -0.15) is 0 Å². The number of carbonyl (C=O) groups is 1. The topological polar surface area (TPSA) is 75.9 Å². The first-order valence-corrected chi connectivity index (χ1v) is 9.45. The number of nitrogens with one attached hydrogen (secondary N) is 1. The molecule has 2 aromatic rings. The summed E-state index contributed by atoms with van der Waals surface area (Å²) in [5.74, 6) is 0.381. The molecule has 0 spiro atoms. The summed E-state index contributed by atoms with van der Waals surface area (Å²) in [5, 5.41) is 15.3. The molecular weight excluding hydrogens is 347 g/mol. The molecule has 0 unspecified atom stereocenters. The smallest absolute Gasteiger partial charge is 0.251 e. The predicted molar refractivity (Wildman–Crippen MR) is 99.6 cm³/mol. The van der Waals surface area contributed by atoms with Crippen LogP contribution in [0.25, 0.3) is 0 Å². The van der Waals surface area contributed by atoms with Crippen molar-refractivity contribution in [2.24, 2.45) is 0 Å². The first-order valence-electron chi connectivity index (χ1n) is 9.45. The Balaban J connectivity index is 1.52. The third-order valence-corrected chi connectivity index (χ3v) is 5.37. The van der Waals surface area contributed by atoms with Gasteiger partial charge in [0.25, 0.3) is 5.91 Å². The molecule has 0 saturated carbocycles. The molecule has 0 aliphatic carbocycles. The number of tetrazole rings is 1. The first kappa shape index (κ1) is 19.4. The summed E-state index contributed by atoms with van der Waals surface area (Å²) in [7, 11) is 0. The number of likely N-dealkylation sites (tertiary alicyclic amines) is 1. The van der Waals surface area contributed by atoms with Crippen LogP contribution in [0.3, 0.4) is 0 Å². The molecule has 8 heteroatoms. The fourth-order valence-electron chi connectivity index (χ4n) is 3.23. The lowest BCUT2D eigenvalue weighted by Gasteiger charge is -2.32. The zero-order valence-corrected chi connectivity index (χ0v) is 16.2.